The smallest absolute Gasteiger partial charge is 0.326 e. The van der Waals surface area contributed by atoms with Crippen LogP contribution in [0, 0.1) is 19.8 Å². The molecule has 5 heteroatoms. The Morgan fingerprint density at radius 1 is 1.09 bits per heavy atom. The number of benzene rings is 2. The molecule has 1 saturated carbocycles. The van der Waals surface area contributed by atoms with E-state index in [-0.39, 0.29) is 18.3 Å². The molecule has 0 amide bonds. The second kappa shape index (κ2) is 10.6. The summed E-state index contributed by atoms with van der Waals surface area (Å²) in [5.41, 5.74) is 7.28. The van der Waals surface area contributed by atoms with E-state index in [0.717, 1.165) is 16.9 Å². The molecule has 1 atom stereocenters. The van der Waals surface area contributed by atoms with Gasteiger partial charge in [-0.15, -0.1) is 11.8 Å². The van der Waals surface area contributed by atoms with Crippen LogP contribution < -0.4 is 4.74 Å². The molecule has 0 bridgehead atoms. The first-order chi connectivity index (χ1) is 15.3. The van der Waals surface area contributed by atoms with E-state index in [1.807, 2.05) is 26.0 Å². The van der Waals surface area contributed by atoms with Crippen LogP contribution >= 0.6 is 11.8 Å². The maximum atomic E-state index is 12.7. The summed E-state index contributed by atoms with van der Waals surface area (Å²) in [5, 5.41) is -0.815. The van der Waals surface area contributed by atoms with Crippen LogP contribution in [0.2, 0.25) is 0 Å². The Kier molecular flexibility index (Phi) is 8.05. The Bertz CT molecular complexity index is 968. The van der Waals surface area contributed by atoms with Gasteiger partial charge in [0.1, 0.15) is 5.75 Å². The van der Waals surface area contributed by atoms with Gasteiger partial charge in [-0.25, -0.2) is 0 Å². The quantitative estimate of drug-likeness (QED) is 0.314. The molecule has 4 nitrogen and oxygen atoms in total. The van der Waals surface area contributed by atoms with Crippen molar-refractivity contribution in [3.05, 3.63) is 52.6 Å². The Balaban J connectivity index is 1.96. The predicted molar refractivity (Wildman–Crippen MR) is 131 cm³/mol. The molecule has 0 N–H and O–H groups in total. The van der Waals surface area contributed by atoms with Crippen LogP contribution in [-0.4, -0.2) is 30.7 Å². The first-order valence-electron chi connectivity index (χ1n) is 11.4. The summed E-state index contributed by atoms with van der Waals surface area (Å²) in [7, 11) is 1.67. The van der Waals surface area contributed by atoms with Crippen molar-refractivity contribution < 1.29 is 19.1 Å². The van der Waals surface area contributed by atoms with Crippen molar-refractivity contribution in [3.63, 3.8) is 0 Å². The lowest BCUT2D eigenvalue weighted by molar-refractivity contribution is -0.145. The van der Waals surface area contributed by atoms with E-state index in [1.165, 1.54) is 46.9 Å². The SMILES string of the molecule is CCOC(=O)C(SCc1ccc(OC)cc1-c1c(C)cc(C2CC2)cc1C)C(=O)C(C)C. The van der Waals surface area contributed by atoms with Crippen LogP contribution in [0.5, 0.6) is 5.75 Å². The first-order valence-corrected chi connectivity index (χ1v) is 12.4. The highest BCUT2D eigenvalue weighted by Gasteiger charge is 2.31. The fourth-order valence-electron chi connectivity index (χ4n) is 4.08. The Morgan fingerprint density at radius 2 is 1.75 bits per heavy atom. The van der Waals surface area contributed by atoms with Gasteiger partial charge in [-0.05, 0) is 85.0 Å². The number of methoxy groups -OCH3 is 1. The molecule has 0 saturated heterocycles. The Morgan fingerprint density at radius 3 is 2.28 bits per heavy atom. The van der Waals surface area contributed by atoms with Gasteiger partial charge in [-0.3, -0.25) is 9.59 Å². The summed E-state index contributed by atoms with van der Waals surface area (Å²) < 4.78 is 10.7. The van der Waals surface area contributed by atoms with Gasteiger partial charge >= 0.3 is 5.97 Å². The molecule has 1 aliphatic carbocycles. The molecule has 0 aliphatic heterocycles. The molecular formula is C27H34O4S. The molecule has 1 unspecified atom stereocenters. The van der Waals surface area contributed by atoms with Crippen LogP contribution in [0.4, 0.5) is 0 Å². The van der Waals surface area contributed by atoms with E-state index >= 15 is 0 Å². The monoisotopic (exact) mass is 454 g/mol. The minimum atomic E-state index is -0.815. The zero-order valence-electron chi connectivity index (χ0n) is 20.0. The Hall–Kier alpha value is -2.27. The number of ether oxygens (including phenoxy) is 2. The first kappa shape index (κ1) is 24.4. The van der Waals surface area contributed by atoms with E-state index in [4.69, 9.17) is 9.47 Å². The normalized spacial score (nSPS) is 14.3. The molecule has 2 aromatic rings. The molecule has 0 aromatic heterocycles. The highest BCUT2D eigenvalue weighted by molar-refractivity contribution is 8.00. The van der Waals surface area contributed by atoms with Gasteiger partial charge in [0.2, 0.25) is 0 Å². The van der Waals surface area contributed by atoms with Gasteiger partial charge in [0.05, 0.1) is 13.7 Å². The molecule has 1 fully saturated rings. The zero-order chi connectivity index (χ0) is 23.4. The summed E-state index contributed by atoms with van der Waals surface area (Å²) in [5.74, 6) is 1.25. The maximum absolute atomic E-state index is 12.7. The van der Waals surface area contributed by atoms with E-state index < -0.39 is 11.2 Å². The molecule has 3 rings (SSSR count). The average molecular weight is 455 g/mol. The lowest BCUT2D eigenvalue weighted by atomic mass is 9.90. The third kappa shape index (κ3) is 5.55. The second-order valence-corrected chi connectivity index (χ2v) is 9.92. The van der Waals surface area contributed by atoms with Crippen LogP contribution in [0.1, 0.15) is 61.8 Å². The van der Waals surface area contributed by atoms with Crippen molar-refractivity contribution in [2.24, 2.45) is 5.92 Å². The van der Waals surface area contributed by atoms with Gasteiger partial charge in [0.25, 0.3) is 0 Å². The number of carbonyl (C=O) groups excluding carboxylic acids is 2. The number of hydrogen-bond donors (Lipinski definition) is 0. The van der Waals surface area contributed by atoms with Crippen molar-refractivity contribution in [2.45, 2.75) is 64.4 Å². The fraction of sp³-hybridized carbons (Fsp3) is 0.481. The Labute approximate surface area is 196 Å². The fourth-order valence-corrected chi connectivity index (χ4v) is 5.31. The van der Waals surface area contributed by atoms with E-state index in [9.17, 15) is 9.59 Å². The highest BCUT2D eigenvalue weighted by atomic mass is 32.2. The van der Waals surface area contributed by atoms with Crippen LogP contribution in [0.15, 0.2) is 30.3 Å². The number of aryl methyl sites for hydroxylation is 2. The van der Waals surface area contributed by atoms with Crippen molar-refractivity contribution in [1.82, 2.24) is 0 Å². The molecule has 32 heavy (non-hydrogen) atoms. The largest absolute Gasteiger partial charge is 0.497 e. The topological polar surface area (TPSA) is 52.6 Å². The summed E-state index contributed by atoms with van der Waals surface area (Å²) in [6.07, 6.45) is 2.55. The number of hydrogen-bond acceptors (Lipinski definition) is 5. The van der Waals surface area contributed by atoms with E-state index in [2.05, 4.69) is 32.0 Å². The van der Waals surface area contributed by atoms with Crippen LogP contribution in [-0.2, 0) is 20.1 Å². The lowest BCUT2D eigenvalue weighted by Gasteiger charge is -2.20. The van der Waals surface area contributed by atoms with Gasteiger partial charge in [-0.2, -0.15) is 0 Å². The number of Topliss-reactive ketones (excluding diaryl/α,β-unsaturated/α-hetero) is 1. The molecule has 0 radical (unpaired) electrons. The molecule has 0 spiro atoms. The predicted octanol–water partition coefficient (Wildman–Crippen LogP) is 6.25. The maximum Gasteiger partial charge on any atom is 0.326 e. The number of carbonyl (C=O) groups is 2. The summed E-state index contributed by atoms with van der Waals surface area (Å²) in [6, 6.07) is 10.6. The number of thioether (sulfide) groups is 1. The van der Waals surface area contributed by atoms with E-state index in [1.54, 1.807) is 14.0 Å². The lowest BCUT2D eigenvalue weighted by Crippen LogP contribution is -2.32. The summed E-state index contributed by atoms with van der Waals surface area (Å²) in [6.45, 7) is 9.99. The standard InChI is InChI=1S/C27H34O4S/c1-7-31-27(29)26(25(28)16(2)3)32-15-20-10-11-22(30-6)14-23(20)24-17(4)12-21(13-18(24)5)19-8-9-19/h10-14,16,19,26H,7-9,15H2,1-6H3. The van der Waals surface area contributed by atoms with Crippen LogP contribution in [0.25, 0.3) is 11.1 Å². The molecule has 0 heterocycles. The van der Waals surface area contributed by atoms with Gasteiger partial charge in [0, 0.05) is 11.7 Å². The molecule has 172 valence electrons. The van der Waals surface area contributed by atoms with Crippen molar-refractivity contribution in [2.75, 3.05) is 13.7 Å². The third-order valence-corrected chi connectivity index (χ3v) is 7.16. The number of esters is 1. The number of rotatable bonds is 10. The molecular weight excluding hydrogens is 420 g/mol. The van der Waals surface area contributed by atoms with Gasteiger partial charge in [-0.1, -0.05) is 32.0 Å². The molecule has 1 aliphatic rings. The van der Waals surface area contributed by atoms with Crippen molar-refractivity contribution in [3.8, 4) is 16.9 Å². The molecule has 2 aromatic carbocycles. The summed E-state index contributed by atoms with van der Waals surface area (Å²) >= 11 is 1.35. The van der Waals surface area contributed by atoms with E-state index in [0.29, 0.717) is 11.7 Å². The highest BCUT2D eigenvalue weighted by Crippen LogP contribution is 2.43. The minimum absolute atomic E-state index is 0.0929. The third-order valence-electron chi connectivity index (χ3n) is 5.92. The van der Waals surface area contributed by atoms with Gasteiger partial charge < -0.3 is 9.47 Å². The zero-order valence-corrected chi connectivity index (χ0v) is 20.8. The van der Waals surface area contributed by atoms with Crippen molar-refractivity contribution >= 4 is 23.5 Å². The average Bonchev–Trinajstić information content (AvgIpc) is 3.59. The number of ketones is 1. The summed E-state index contributed by atoms with van der Waals surface area (Å²) in [4.78, 5) is 25.2. The van der Waals surface area contributed by atoms with Crippen molar-refractivity contribution in [1.29, 1.82) is 0 Å². The van der Waals surface area contributed by atoms with Gasteiger partial charge in [0.15, 0.2) is 11.0 Å². The second-order valence-electron chi connectivity index (χ2n) is 8.83. The van der Waals surface area contributed by atoms with Crippen LogP contribution in [0.3, 0.4) is 0 Å². The minimum Gasteiger partial charge on any atom is -0.497 e.